The Labute approximate surface area is 190 Å². The smallest absolute Gasteiger partial charge is 0.241 e. The topological polar surface area (TPSA) is 80.5 Å². The van der Waals surface area contributed by atoms with E-state index >= 15 is 0 Å². The molecule has 2 atom stereocenters. The average Bonchev–Trinajstić information content (AvgIpc) is 3.29. The zero-order valence-electron chi connectivity index (χ0n) is 17.8. The fourth-order valence-electron chi connectivity index (χ4n) is 3.89. The van der Waals surface area contributed by atoms with Gasteiger partial charge in [-0.05, 0) is 56.6 Å². The lowest BCUT2D eigenvalue weighted by atomic mass is 9.96. The Morgan fingerprint density at radius 1 is 1.34 bits per heavy atom. The van der Waals surface area contributed by atoms with Crippen molar-refractivity contribution in [3.63, 3.8) is 0 Å². The van der Waals surface area contributed by atoms with E-state index in [1.807, 2.05) is 6.92 Å². The van der Waals surface area contributed by atoms with Crippen molar-refractivity contribution in [1.82, 2.24) is 15.0 Å². The van der Waals surface area contributed by atoms with Gasteiger partial charge in [0.2, 0.25) is 17.6 Å². The van der Waals surface area contributed by atoms with E-state index in [1.54, 1.807) is 37.4 Å². The van der Waals surface area contributed by atoms with Crippen LogP contribution in [0.4, 0.5) is 10.1 Å². The van der Waals surface area contributed by atoms with Crippen molar-refractivity contribution < 1.29 is 18.4 Å². The third-order valence-electron chi connectivity index (χ3n) is 5.67. The number of nitrogens with zero attached hydrogens (tertiary/aromatic N) is 3. The van der Waals surface area contributed by atoms with E-state index in [0.717, 1.165) is 19.4 Å². The van der Waals surface area contributed by atoms with Crippen molar-refractivity contribution in [2.24, 2.45) is 0 Å². The molecule has 2 aromatic carbocycles. The zero-order chi connectivity index (χ0) is 22.7. The lowest BCUT2D eigenvalue weighted by Gasteiger charge is -2.34. The molecule has 9 heteroatoms. The number of methoxy groups -OCH3 is 1. The molecule has 0 radical (unpaired) electrons. The summed E-state index contributed by atoms with van der Waals surface area (Å²) in [5, 5.41) is 7.43. The fraction of sp³-hybridized carbons (Fsp3) is 0.348. The minimum atomic E-state index is -0.382. The van der Waals surface area contributed by atoms with Crippen molar-refractivity contribution in [3.8, 4) is 17.1 Å². The number of amides is 1. The average molecular weight is 459 g/mol. The van der Waals surface area contributed by atoms with Crippen LogP contribution in [-0.2, 0) is 4.79 Å². The molecule has 7 nitrogen and oxygen atoms in total. The highest BCUT2D eigenvalue weighted by Crippen LogP contribution is 2.30. The van der Waals surface area contributed by atoms with E-state index in [0.29, 0.717) is 40.3 Å². The zero-order valence-corrected chi connectivity index (χ0v) is 18.6. The van der Waals surface area contributed by atoms with Crippen LogP contribution in [0.3, 0.4) is 0 Å². The normalized spacial score (nSPS) is 17.7. The van der Waals surface area contributed by atoms with Gasteiger partial charge in [-0.2, -0.15) is 4.98 Å². The largest absolute Gasteiger partial charge is 0.495 e. The highest BCUT2D eigenvalue weighted by Gasteiger charge is 2.31. The van der Waals surface area contributed by atoms with Crippen LogP contribution in [0.15, 0.2) is 47.0 Å². The highest BCUT2D eigenvalue weighted by atomic mass is 35.5. The minimum Gasteiger partial charge on any atom is -0.495 e. The van der Waals surface area contributed by atoms with Crippen LogP contribution in [0, 0.1) is 5.82 Å². The third-order valence-corrected chi connectivity index (χ3v) is 5.91. The molecule has 1 saturated heterocycles. The van der Waals surface area contributed by atoms with Gasteiger partial charge < -0.3 is 14.6 Å². The first-order valence-corrected chi connectivity index (χ1v) is 10.8. The Morgan fingerprint density at radius 2 is 2.19 bits per heavy atom. The van der Waals surface area contributed by atoms with Gasteiger partial charge >= 0.3 is 0 Å². The van der Waals surface area contributed by atoms with Crippen LogP contribution in [0.25, 0.3) is 11.4 Å². The lowest BCUT2D eigenvalue weighted by molar-refractivity contribution is -0.121. The third kappa shape index (κ3) is 4.92. The molecule has 32 heavy (non-hydrogen) atoms. The quantitative estimate of drug-likeness (QED) is 0.574. The van der Waals surface area contributed by atoms with Gasteiger partial charge in [-0.1, -0.05) is 28.9 Å². The van der Waals surface area contributed by atoms with E-state index in [-0.39, 0.29) is 23.7 Å². The number of likely N-dealkylation sites (tertiary alicyclic amines) is 1. The summed E-state index contributed by atoms with van der Waals surface area (Å²) in [7, 11) is 1.54. The second-order valence-electron chi connectivity index (χ2n) is 7.81. The standard InChI is InChI=1S/C23H24ClFN4O3/c1-14(22(30)26-19-12-17(24)8-9-20(19)31-2)29-10-4-6-16(13-29)23-27-21(28-32-23)15-5-3-7-18(25)11-15/h3,5,7-9,11-12,14,16H,4,6,10,13H2,1-2H3,(H,26,30). The molecule has 4 rings (SSSR count). The number of benzene rings is 2. The minimum absolute atomic E-state index is 0.00508. The summed E-state index contributed by atoms with van der Waals surface area (Å²) in [6, 6.07) is 10.8. The molecule has 0 spiro atoms. The summed E-state index contributed by atoms with van der Waals surface area (Å²) < 4.78 is 24.3. The summed E-state index contributed by atoms with van der Waals surface area (Å²) in [5.74, 6) is 0.885. The highest BCUT2D eigenvalue weighted by molar-refractivity contribution is 6.31. The van der Waals surface area contributed by atoms with Gasteiger partial charge in [0.05, 0.1) is 24.8 Å². The summed E-state index contributed by atoms with van der Waals surface area (Å²) in [5.41, 5.74) is 1.10. The van der Waals surface area contributed by atoms with Gasteiger partial charge in [0, 0.05) is 17.1 Å². The molecule has 3 aromatic rings. The number of carbonyl (C=O) groups excluding carboxylic acids is 1. The summed E-state index contributed by atoms with van der Waals surface area (Å²) >= 11 is 6.07. The SMILES string of the molecule is COc1ccc(Cl)cc1NC(=O)C(C)N1CCCC(c2nc(-c3cccc(F)c3)no2)C1. The van der Waals surface area contributed by atoms with Crippen molar-refractivity contribution in [1.29, 1.82) is 0 Å². The Hall–Kier alpha value is -2.97. The molecule has 2 unspecified atom stereocenters. The molecule has 1 fully saturated rings. The number of piperidine rings is 1. The van der Waals surface area contributed by atoms with Crippen LogP contribution in [-0.4, -0.2) is 47.2 Å². The van der Waals surface area contributed by atoms with Gasteiger partial charge in [-0.3, -0.25) is 9.69 Å². The van der Waals surface area contributed by atoms with Gasteiger partial charge in [-0.15, -0.1) is 0 Å². The number of hydrogen-bond donors (Lipinski definition) is 1. The fourth-order valence-corrected chi connectivity index (χ4v) is 4.06. The van der Waals surface area contributed by atoms with Crippen LogP contribution < -0.4 is 10.1 Å². The Balaban J connectivity index is 1.44. The Kier molecular flexibility index (Phi) is 6.72. The molecule has 0 bridgehead atoms. The summed E-state index contributed by atoms with van der Waals surface area (Å²) in [6.45, 7) is 3.25. The molecular formula is C23H24ClFN4O3. The Bertz CT molecular complexity index is 1110. The van der Waals surface area contributed by atoms with Gasteiger partial charge in [-0.25, -0.2) is 4.39 Å². The molecule has 0 aliphatic carbocycles. The molecule has 1 amide bonds. The Morgan fingerprint density at radius 3 is 2.97 bits per heavy atom. The monoisotopic (exact) mass is 458 g/mol. The van der Waals surface area contributed by atoms with Gasteiger partial charge in [0.15, 0.2) is 0 Å². The number of nitrogens with one attached hydrogen (secondary N) is 1. The summed E-state index contributed by atoms with van der Waals surface area (Å²) in [6.07, 6.45) is 1.76. The lowest BCUT2D eigenvalue weighted by Crippen LogP contribution is -2.46. The van der Waals surface area contributed by atoms with Crippen LogP contribution in [0.2, 0.25) is 5.02 Å². The maximum Gasteiger partial charge on any atom is 0.241 e. The first-order chi connectivity index (χ1) is 15.4. The predicted octanol–water partition coefficient (Wildman–Crippen LogP) is 4.74. The first kappa shape index (κ1) is 22.2. The molecule has 168 valence electrons. The number of anilines is 1. The summed E-state index contributed by atoms with van der Waals surface area (Å²) in [4.78, 5) is 19.5. The molecular weight excluding hydrogens is 435 g/mol. The number of ether oxygens (including phenoxy) is 1. The molecule has 1 aliphatic heterocycles. The first-order valence-electron chi connectivity index (χ1n) is 10.4. The van der Waals surface area contributed by atoms with E-state index in [1.165, 1.54) is 12.1 Å². The van der Waals surface area contributed by atoms with Gasteiger partial charge in [0.1, 0.15) is 11.6 Å². The number of carbonyl (C=O) groups is 1. The van der Waals surface area contributed by atoms with Gasteiger partial charge in [0.25, 0.3) is 0 Å². The second kappa shape index (κ2) is 9.67. The number of aromatic nitrogens is 2. The van der Waals surface area contributed by atoms with Crippen molar-refractivity contribution in [3.05, 3.63) is 59.2 Å². The molecule has 2 heterocycles. The van der Waals surface area contributed by atoms with Crippen molar-refractivity contribution in [2.45, 2.75) is 31.7 Å². The number of rotatable bonds is 6. The van der Waals surface area contributed by atoms with E-state index < -0.39 is 0 Å². The van der Waals surface area contributed by atoms with Crippen LogP contribution >= 0.6 is 11.6 Å². The predicted molar refractivity (Wildman–Crippen MR) is 119 cm³/mol. The van der Waals surface area contributed by atoms with Crippen LogP contribution in [0.5, 0.6) is 5.75 Å². The van der Waals surface area contributed by atoms with Crippen molar-refractivity contribution in [2.75, 3.05) is 25.5 Å². The molecule has 1 N–H and O–H groups in total. The molecule has 0 saturated carbocycles. The number of hydrogen-bond acceptors (Lipinski definition) is 6. The maximum absolute atomic E-state index is 13.5. The molecule has 1 aromatic heterocycles. The maximum atomic E-state index is 13.5. The van der Waals surface area contributed by atoms with E-state index in [2.05, 4.69) is 20.4 Å². The van der Waals surface area contributed by atoms with E-state index in [4.69, 9.17) is 20.9 Å². The van der Waals surface area contributed by atoms with Crippen molar-refractivity contribution >= 4 is 23.2 Å². The van der Waals surface area contributed by atoms with Crippen LogP contribution in [0.1, 0.15) is 31.6 Å². The second-order valence-corrected chi connectivity index (χ2v) is 8.25. The van der Waals surface area contributed by atoms with E-state index in [9.17, 15) is 9.18 Å². The number of halogens is 2. The molecule has 1 aliphatic rings.